The number of fused-ring (bicyclic) bond motifs is 3. The van der Waals surface area contributed by atoms with Gasteiger partial charge in [-0.25, -0.2) is 14.5 Å². The van der Waals surface area contributed by atoms with Crippen LogP contribution in [-0.2, 0) is 13.0 Å². The van der Waals surface area contributed by atoms with Crippen molar-refractivity contribution < 1.29 is 0 Å². The summed E-state index contributed by atoms with van der Waals surface area (Å²) in [6.07, 6.45) is 2.49. The molecule has 4 aromatic heterocycles. The molecular weight excluding hydrogens is 388 g/mol. The van der Waals surface area contributed by atoms with Crippen molar-refractivity contribution in [3.05, 3.63) is 38.5 Å². The van der Waals surface area contributed by atoms with Gasteiger partial charge < -0.3 is 0 Å². The molecule has 0 fully saturated rings. The lowest BCUT2D eigenvalue weighted by Crippen LogP contribution is -2.06. The van der Waals surface area contributed by atoms with Gasteiger partial charge in [0, 0.05) is 23.5 Å². The molecule has 4 rings (SSSR count). The molecule has 0 aliphatic heterocycles. The zero-order chi connectivity index (χ0) is 17.0. The van der Waals surface area contributed by atoms with Crippen molar-refractivity contribution in [3.63, 3.8) is 0 Å². The first-order valence-corrected chi connectivity index (χ1v) is 9.36. The highest BCUT2D eigenvalue weighted by atomic mass is 79.9. The van der Waals surface area contributed by atoms with Gasteiger partial charge in [-0.2, -0.15) is 5.10 Å². The third-order valence-electron chi connectivity index (χ3n) is 4.39. The van der Waals surface area contributed by atoms with Gasteiger partial charge in [-0.3, -0.25) is 4.68 Å². The largest absolute Gasteiger partial charge is 0.268 e. The van der Waals surface area contributed by atoms with Gasteiger partial charge in [0.25, 0.3) is 0 Å². The van der Waals surface area contributed by atoms with Crippen molar-refractivity contribution in [1.82, 2.24) is 29.4 Å². The summed E-state index contributed by atoms with van der Waals surface area (Å²) in [7, 11) is 0. The first-order chi connectivity index (χ1) is 11.5. The predicted octanol–water partition coefficient (Wildman–Crippen LogP) is 3.77. The van der Waals surface area contributed by atoms with Crippen molar-refractivity contribution >= 4 is 43.1 Å². The highest BCUT2D eigenvalue weighted by molar-refractivity contribution is 9.10. The fraction of sp³-hybridized carbons (Fsp3) is 0.375. The van der Waals surface area contributed by atoms with Gasteiger partial charge >= 0.3 is 0 Å². The quantitative estimate of drug-likeness (QED) is 0.521. The Bertz CT molecular complexity index is 1070. The topological polar surface area (TPSA) is 60.9 Å². The Hall–Kier alpha value is -1.80. The maximum Gasteiger partial charge on any atom is 0.167 e. The Morgan fingerprint density at radius 3 is 2.67 bits per heavy atom. The minimum absolute atomic E-state index is 0.736. The van der Waals surface area contributed by atoms with Crippen LogP contribution in [0.2, 0.25) is 0 Å². The van der Waals surface area contributed by atoms with E-state index < -0.39 is 0 Å². The minimum atomic E-state index is 0.736. The molecule has 4 aromatic rings. The SMILES string of the molecule is Cc1nn(CCc2nc3c4c(C)c(C)sc4ncn3n2)c(C)c1Br. The van der Waals surface area contributed by atoms with Crippen LogP contribution in [0.5, 0.6) is 0 Å². The number of halogens is 1. The third kappa shape index (κ3) is 2.36. The lowest BCUT2D eigenvalue weighted by atomic mass is 10.2. The molecule has 0 amide bonds. The molecule has 0 aromatic carbocycles. The number of rotatable bonds is 3. The Balaban J connectivity index is 1.70. The molecule has 0 bridgehead atoms. The van der Waals surface area contributed by atoms with Gasteiger partial charge in [0.15, 0.2) is 11.5 Å². The van der Waals surface area contributed by atoms with E-state index in [1.165, 1.54) is 10.4 Å². The van der Waals surface area contributed by atoms with Crippen LogP contribution in [0.4, 0.5) is 0 Å². The second kappa shape index (κ2) is 5.63. The van der Waals surface area contributed by atoms with E-state index in [1.807, 2.05) is 11.6 Å². The monoisotopic (exact) mass is 404 g/mol. The highest BCUT2D eigenvalue weighted by Crippen LogP contribution is 2.30. The molecule has 8 heteroatoms. The minimum Gasteiger partial charge on any atom is -0.268 e. The third-order valence-corrected chi connectivity index (χ3v) is 6.65. The Morgan fingerprint density at radius 1 is 1.17 bits per heavy atom. The number of hydrogen-bond acceptors (Lipinski definition) is 5. The summed E-state index contributed by atoms with van der Waals surface area (Å²) in [6, 6.07) is 0. The maximum atomic E-state index is 4.75. The fourth-order valence-corrected chi connectivity index (χ4v) is 4.17. The van der Waals surface area contributed by atoms with Crippen LogP contribution in [0.1, 0.15) is 27.7 Å². The van der Waals surface area contributed by atoms with E-state index >= 15 is 0 Å². The normalized spacial score (nSPS) is 11.9. The van der Waals surface area contributed by atoms with E-state index in [0.29, 0.717) is 0 Å². The summed E-state index contributed by atoms with van der Waals surface area (Å²) in [5.74, 6) is 0.816. The summed E-state index contributed by atoms with van der Waals surface area (Å²) >= 11 is 5.27. The van der Waals surface area contributed by atoms with Crippen molar-refractivity contribution in [2.24, 2.45) is 0 Å². The Labute approximate surface area is 151 Å². The number of aryl methyl sites for hydroxylation is 5. The van der Waals surface area contributed by atoms with Crippen molar-refractivity contribution in [1.29, 1.82) is 0 Å². The van der Waals surface area contributed by atoms with Gasteiger partial charge in [0.1, 0.15) is 11.2 Å². The van der Waals surface area contributed by atoms with Crippen molar-refractivity contribution in [2.45, 2.75) is 40.7 Å². The molecule has 4 heterocycles. The number of nitrogens with zero attached hydrogens (tertiary/aromatic N) is 6. The van der Waals surface area contributed by atoms with Gasteiger partial charge in [0.05, 0.1) is 15.6 Å². The van der Waals surface area contributed by atoms with E-state index in [9.17, 15) is 0 Å². The van der Waals surface area contributed by atoms with E-state index in [1.54, 1.807) is 22.2 Å². The molecule has 124 valence electrons. The van der Waals surface area contributed by atoms with Crippen LogP contribution in [0.15, 0.2) is 10.8 Å². The summed E-state index contributed by atoms with van der Waals surface area (Å²) in [5, 5.41) is 10.2. The molecule has 0 aliphatic carbocycles. The number of hydrogen-bond donors (Lipinski definition) is 0. The molecule has 0 atom stereocenters. The average Bonchev–Trinajstić information content (AvgIpc) is 3.17. The number of aromatic nitrogens is 6. The van der Waals surface area contributed by atoms with Crippen molar-refractivity contribution in [2.75, 3.05) is 0 Å². The average molecular weight is 405 g/mol. The zero-order valence-corrected chi connectivity index (χ0v) is 16.4. The molecule has 0 unspecified atom stereocenters. The first-order valence-electron chi connectivity index (χ1n) is 7.75. The van der Waals surface area contributed by atoms with Crippen LogP contribution < -0.4 is 0 Å². The van der Waals surface area contributed by atoms with E-state index in [-0.39, 0.29) is 0 Å². The molecule has 6 nitrogen and oxygen atoms in total. The highest BCUT2D eigenvalue weighted by Gasteiger charge is 2.15. The predicted molar refractivity (Wildman–Crippen MR) is 98.7 cm³/mol. The van der Waals surface area contributed by atoms with Crippen LogP contribution in [-0.4, -0.2) is 29.4 Å². The van der Waals surface area contributed by atoms with Gasteiger partial charge in [-0.05, 0) is 49.2 Å². The van der Waals surface area contributed by atoms with Gasteiger partial charge in [-0.15, -0.1) is 16.4 Å². The standard InChI is InChI=1S/C16H17BrN6S/c1-8-11(4)24-16-13(8)15-19-12(21-23(15)7-18-16)5-6-22-10(3)14(17)9(2)20-22/h7H,5-6H2,1-4H3. The molecule has 24 heavy (non-hydrogen) atoms. The molecule has 0 saturated heterocycles. The molecule has 0 saturated carbocycles. The van der Waals surface area contributed by atoms with E-state index in [2.05, 4.69) is 51.9 Å². The van der Waals surface area contributed by atoms with Crippen molar-refractivity contribution in [3.8, 4) is 0 Å². The van der Waals surface area contributed by atoms with Gasteiger partial charge in [0.2, 0.25) is 0 Å². The van der Waals surface area contributed by atoms with Crippen LogP contribution >= 0.6 is 27.3 Å². The van der Waals surface area contributed by atoms with Gasteiger partial charge in [-0.1, -0.05) is 0 Å². The lowest BCUT2D eigenvalue weighted by molar-refractivity contribution is 0.581. The molecule has 0 spiro atoms. The first kappa shape index (κ1) is 15.7. The second-order valence-electron chi connectivity index (χ2n) is 5.96. The molecule has 0 radical (unpaired) electrons. The Morgan fingerprint density at radius 2 is 1.96 bits per heavy atom. The second-order valence-corrected chi connectivity index (χ2v) is 7.96. The fourth-order valence-electron chi connectivity index (χ4n) is 2.89. The summed E-state index contributed by atoms with van der Waals surface area (Å²) < 4.78 is 4.85. The van der Waals surface area contributed by atoms with Crippen LogP contribution in [0.25, 0.3) is 15.9 Å². The summed E-state index contributed by atoms with van der Waals surface area (Å²) in [6.45, 7) is 9.06. The molecular formula is C16H17BrN6S. The summed E-state index contributed by atoms with van der Waals surface area (Å²) in [4.78, 5) is 11.6. The molecule has 0 aliphatic rings. The zero-order valence-electron chi connectivity index (χ0n) is 14.0. The lowest BCUT2D eigenvalue weighted by Gasteiger charge is -2.01. The summed E-state index contributed by atoms with van der Waals surface area (Å²) in [5.41, 5.74) is 4.27. The van der Waals surface area contributed by atoms with E-state index in [4.69, 9.17) is 4.98 Å². The van der Waals surface area contributed by atoms with E-state index in [0.717, 1.165) is 50.5 Å². The maximum absolute atomic E-state index is 4.75. The Kier molecular flexibility index (Phi) is 3.69. The smallest absolute Gasteiger partial charge is 0.167 e. The molecule has 0 N–H and O–H groups in total. The van der Waals surface area contributed by atoms with Crippen LogP contribution in [0, 0.1) is 27.7 Å². The van der Waals surface area contributed by atoms with Crippen LogP contribution in [0.3, 0.4) is 0 Å². The number of thiophene rings is 1.